The third-order valence-corrected chi connectivity index (χ3v) is 5.80. The van der Waals surface area contributed by atoms with Crippen LogP contribution in [0.2, 0.25) is 0 Å². The highest BCUT2D eigenvalue weighted by atomic mass is 35.5. The molecule has 1 aliphatic heterocycles. The molecule has 0 amide bonds. The van der Waals surface area contributed by atoms with Gasteiger partial charge in [-0.05, 0) is 36.6 Å². The highest BCUT2D eigenvalue weighted by molar-refractivity contribution is 7.89. The Labute approximate surface area is 134 Å². The molecule has 0 radical (unpaired) electrons. The zero-order valence-electron chi connectivity index (χ0n) is 13.1. The maximum absolute atomic E-state index is 12.6. The van der Waals surface area contributed by atoms with Gasteiger partial charge in [0.05, 0.1) is 4.90 Å². The van der Waals surface area contributed by atoms with Crippen molar-refractivity contribution in [2.75, 3.05) is 20.1 Å². The fourth-order valence-corrected chi connectivity index (χ4v) is 3.96. The summed E-state index contributed by atoms with van der Waals surface area (Å²) in [7, 11) is -1.48. The van der Waals surface area contributed by atoms with Gasteiger partial charge in [-0.3, -0.25) is 0 Å². The fourth-order valence-electron chi connectivity index (χ4n) is 2.46. The number of hydrogen-bond donors (Lipinski definition) is 1. The second-order valence-electron chi connectivity index (χ2n) is 6.41. The minimum absolute atomic E-state index is 0. The van der Waals surface area contributed by atoms with Crippen LogP contribution in [0.4, 0.5) is 0 Å². The molecule has 1 unspecified atom stereocenters. The topological polar surface area (TPSA) is 49.4 Å². The molecule has 0 aliphatic carbocycles. The first-order chi connectivity index (χ1) is 9.25. The van der Waals surface area contributed by atoms with Gasteiger partial charge >= 0.3 is 0 Å². The summed E-state index contributed by atoms with van der Waals surface area (Å²) in [6.07, 6.45) is 0.871. The lowest BCUT2D eigenvalue weighted by molar-refractivity contribution is 0.464. The van der Waals surface area contributed by atoms with Crippen molar-refractivity contribution in [1.82, 2.24) is 9.62 Å². The lowest BCUT2D eigenvalue weighted by Gasteiger charge is -2.20. The largest absolute Gasteiger partial charge is 0.316 e. The summed E-state index contributed by atoms with van der Waals surface area (Å²) in [5, 5.41) is 3.14. The molecule has 120 valence electrons. The van der Waals surface area contributed by atoms with Gasteiger partial charge < -0.3 is 5.32 Å². The van der Waals surface area contributed by atoms with E-state index in [2.05, 4.69) is 26.1 Å². The SMILES string of the molecule is CNC1CCN(S(=O)(=O)c2ccc(C(C)(C)C)cc2)C1.Cl. The van der Waals surface area contributed by atoms with Crippen molar-refractivity contribution >= 4 is 22.4 Å². The van der Waals surface area contributed by atoms with E-state index >= 15 is 0 Å². The second-order valence-corrected chi connectivity index (χ2v) is 8.35. The van der Waals surface area contributed by atoms with Crippen molar-refractivity contribution in [3.63, 3.8) is 0 Å². The lowest BCUT2D eigenvalue weighted by Crippen LogP contribution is -2.33. The summed E-state index contributed by atoms with van der Waals surface area (Å²) in [5.41, 5.74) is 1.18. The molecule has 6 heteroatoms. The van der Waals surface area contributed by atoms with Crippen LogP contribution in [0, 0.1) is 0 Å². The fraction of sp³-hybridized carbons (Fsp3) is 0.600. The van der Waals surface area contributed by atoms with E-state index in [1.807, 2.05) is 19.2 Å². The van der Waals surface area contributed by atoms with Gasteiger partial charge in [-0.15, -0.1) is 12.4 Å². The predicted octanol–water partition coefficient (Wildman–Crippen LogP) is 2.39. The quantitative estimate of drug-likeness (QED) is 0.924. The standard InChI is InChI=1S/C15H24N2O2S.ClH/c1-15(2,3)12-5-7-14(8-6-12)20(18,19)17-10-9-13(11-17)16-4;/h5-8,13,16H,9-11H2,1-4H3;1H. The van der Waals surface area contributed by atoms with Crippen molar-refractivity contribution in [1.29, 1.82) is 0 Å². The van der Waals surface area contributed by atoms with Crippen LogP contribution in [0.3, 0.4) is 0 Å². The molecule has 0 spiro atoms. The summed E-state index contributed by atoms with van der Waals surface area (Å²) in [5.74, 6) is 0. The molecule has 1 atom stereocenters. The maximum atomic E-state index is 12.6. The first-order valence-corrected chi connectivity index (χ1v) is 8.47. The van der Waals surface area contributed by atoms with Gasteiger partial charge in [-0.25, -0.2) is 8.42 Å². The van der Waals surface area contributed by atoms with Gasteiger partial charge in [0.2, 0.25) is 10.0 Å². The van der Waals surface area contributed by atoms with Gasteiger partial charge in [0.15, 0.2) is 0 Å². The summed E-state index contributed by atoms with van der Waals surface area (Å²) in [6, 6.07) is 7.54. The zero-order valence-corrected chi connectivity index (χ0v) is 14.7. The van der Waals surface area contributed by atoms with E-state index in [-0.39, 0.29) is 23.9 Å². The van der Waals surface area contributed by atoms with Gasteiger partial charge in [0.25, 0.3) is 0 Å². The Balaban J connectivity index is 0.00000220. The molecule has 1 saturated heterocycles. The Bertz CT molecular complexity index is 564. The van der Waals surface area contributed by atoms with E-state index in [9.17, 15) is 8.42 Å². The Morgan fingerprint density at radius 3 is 2.19 bits per heavy atom. The number of benzene rings is 1. The number of hydrogen-bond acceptors (Lipinski definition) is 3. The van der Waals surface area contributed by atoms with E-state index in [1.54, 1.807) is 16.4 Å². The van der Waals surface area contributed by atoms with Crippen molar-refractivity contribution < 1.29 is 8.42 Å². The summed E-state index contributed by atoms with van der Waals surface area (Å²) < 4.78 is 26.7. The van der Waals surface area contributed by atoms with Crippen LogP contribution in [0.1, 0.15) is 32.8 Å². The van der Waals surface area contributed by atoms with Gasteiger partial charge in [0, 0.05) is 19.1 Å². The van der Waals surface area contributed by atoms with Crippen molar-refractivity contribution in [2.24, 2.45) is 0 Å². The lowest BCUT2D eigenvalue weighted by atomic mass is 9.87. The van der Waals surface area contributed by atoms with Crippen LogP contribution < -0.4 is 5.32 Å². The molecule has 0 bridgehead atoms. The normalized spacial score (nSPS) is 20.3. The van der Waals surface area contributed by atoms with E-state index in [0.29, 0.717) is 18.0 Å². The molecule has 0 aromatic heterocycles. The van der Waals surface area contributed by atoms with Crippen LogP contribution in [0.15, 0.2) is 29.2 Å². The first-order valence-electron chi connectivity index (χ1n) is 7.03. The number of nitrogens with zero attached hydrogens (tertiary/aromatic N) is 1. The van der Waals surface area contributed by atoms with Gasteiger partial charge in [0.1, 0.15) is 0 Å². The molecule has 1 N–H and O–H groups in total. The summed E-state index contributed by atoms with van der Waals surface area (Å²) >= 11 is 0. The monoisotopic (exact) mass is 332 g/mol. The number of likely N-dealkylation sites (N-methyl/N-ethyl adjacent to an activating group) is 1. The average molecular weight is 333 g/mol. The van der Waals surface area contributed by atoms with Crippen LogP contribution in [-0.2, 0) is 15.4 Å². The minimum atomic E-state index is -3.35. The number of sulfonamides is 1. The van der Waals surface area contributed by atoms with E-state index < -0.39 is 10.0 Å². The van der Waals surface area contributed by atoms with Crippen LogP contribution in [-0.4, -0.2) is 38.9 Å². The maximum Gasteiger partial charge on any atom is 0.243 e. The van der Waals surface area contributed by atoms with Gasteiger partial charge in [-0.1, -0.05) is 32.9 Å². The Morgan fingerprint density at radius 2 is 1.76 bits per heavy atom. The van der Waals surface area contributed by atoms with E-state index in [1.165, 1.54) is 0 Å². The van der Waals surface area contributed by atoms with Gasteiger partial charge in [-0.2, -0.15) is 4.31 Å². The smallest absolute Gasteiger partial charge is 0.243 e. The van der Waals surface area contributed by atoms with Crippen molar-refractivity contribution in [2.45, 2.75) is 43.5 Å². The molecular weight excluding hydrogens is 308 g/mol. The molecule has 0 saturated carbocycles. The number of halogens is 1. The van der Waals surface area contributed by atoms with Crippen LogP contribution in [0.5, 0.6) is 0 Å². The van der Waals surface area contributed by atoms with E-state index in [4.69, 9.17) is 0 Å². The molecule has 1 fully saturated rings. The second kappa shape index (κ2) is 6.65. The molecule has 4 nitrogen and oxygen atoms in total. The summed E-state index contributed by atoms with van der Waals surface area (Å²) in [4.78, 5) is 0.391. The Morgan fingerprint density at radius 1 is 1.19 bits per heavy atom. The number of rotatable bonds is 3. The van der Waals surface area contributed by atoms with Crippen LogP contribution >= 0.6 is 12.4 Å². The molecular formula is C15H25ClN2O2S. The average Bonchev–Trinajstić information content (AvgIpc) is 2.87. The molecule has 21 heavy (non-hydrogen) atoms. The summed E-state index contributed by atoms with van der Waals surface area (Å²) in [6.45, 7) is 7.51. The van der Waals surface area contributed by atoms with Crippen molar-refractivity contribution in [3.05, 3.63) is 29.8 Å². The highest BCUT2D eigenvalue weighted by Crippen LogP contribution is 2.26. The molecule has 1 aromatic carbocycles. The molecule has 1 aliphatic rings. The number of nitrogens with one attached hydrogen (secondary N) is 1. The third-order valence-electron chi connectivity index (χ3n) is 3.92. The Hall–Kier alpha value is -0.620. The first kappa shape index (κ1) is 18.4. The zero-order chi connectivity index (χ0) is 15.0. The molecule has 2 rings (SSSR count). The predicted molar refractivity (Wildman–Crippen MR) is 88.6 cm³/mol. The third kappa shape index (κ3) is 3.97. The highest BCUT2D eigenvalue weighted by Gasteiger charge is 2.31. The van der Waals surface area contributed by atoms with Crippen LogP contribution in [0.25, 0.3) is 0 Å². The minimum Gasteiger partial charge on any atom is -0.316 e. The van der Waals surface area contributed by atoms with E-state index in [0.717, 1.165) is 12.0 Å². The Kier molecular flexibility index (Phi) is 5.83. The molecule has 1 aromatic rings. The molecule has 1 heterocycles. The van der Waals surface area contributed by atoms with Crippen molar-refractivity contribution in [3.8, 4) is 0 Å².